The van der Waals surface area contributed by atoms with Crippen LogP contribution in [0, 0.1) is 6.92 Å². The van der Waals surface area contributed by atoms with Crippen LogP contribution in [0.2, 0.25) is 0 Å². The summed E-state index contributed by atoms with van der Waals surface area (Å²) in [5, 5.41) is 12.8. The van der Waals surface area contributed by atoms with Crippen molar-refractivity contribution < 1.29 is 4.58 Å². The number of fused-ring (bicyclic) bond motifs is 12. The molecule has 0 spiro atoms. The molecule has 11 aromatic rings. The molecule has 0 radical (unpaired) electrons. The van der Waals surface area contributed by atoms with Gasteiger partial charge in [-0.3, -0.25) is 4.58 Å². The number of aliphatic imine (C=N–C) groups is 1. The van der Waals surface area contributed by atoms with Crippen LogP contribution in [-0.2, 0) is 6.54 Å². The molecule has 0 fully saturated rings. The molecule has 0 bridgehead atoms. The van der Waals surface area contributed by atoms with Crippen molar-refractivity contribution >= 4 is 82.0 Å². The van der Waals surface area contributed by atoms with Crippen LogP contribution in [0.1, 0.15) is 29.2 Å². The van der Waals surface area contributed by atoms with Gasteiger partial charge in [0.15, 0.2) is 5.71 Å². The molecule has 0 N–H and O–H groups in total. The van der Waals surface area contributed by atoms with Crippen LogP contribution in [-0.4, -0.2) is 27.6 Å². The summed E-state index contributed by atoms with van der Waals surface area (Å²) in [5.74, 6) is 0.948. The van der Waals surface area contributed by atoms with Crippen molar-refractivity contribution in [2.24, 2.45) is 4.99 Å². The maximum atomic E-state index is 5.38. The van der Waals surface area contributed by atoms with Crippen molar-refractivity contribution in [3.05, 3.63) is 198 Å². The second-order valence-electron chi connectivity index (χ2n) is 15.5. The molecule has 270 valence electrons. The number of benzene rings is 9. The van der Waals surface area contributed by atoms with Crippen molar-refractivity contribution in [3.8, 4) is 11.1 Å². The smallest absolute Gasteiger partial charge is 0.308 e. The van der Waals surface area contributed by atoms with Gasteiger partial charge in [-0.25, -0.2) is 0 Å². The Morgan fingerprint density at radius 2 is 1.12 bits per heavy atom. The van der Waals surface area contributed by atoms with Gasteiger partial charge in [0.05, 0.1) is 29.2 Å². The first-order chi connectivity index (χ1) is 28.0. The maximum Gasteiger partial charge on any atom is 0.325 e. The molecule has 3 heteroatoms. The van der Waals surface area contributed by atoms with Gasteiger partial charge in [0.1, 0.15) is 6.54 Å². The van der Waals surface area contributed by atoms with E-state index in [9.17, 15) is 0 Å². The first-order valence-electron chi connectivity index (χ1n) is 19.8. The first kappa shape index (κ1) is 33.3. The third-order valence-corrected chi connectivity index (χ3v) is 12.0. The van der Waals surface area contributed by atoms with Crippen LogP contribution >= 0.6 is 0 Å². The highest BCUT2D eigenvalue weighted by molar-refractivity contribution is 6.32. The third kappa shape index (κ3) is 5.19. The molecule has 0 unspecified atom stereocenters. The number of hydrogen-bond acceptors (Lipinski definition) is 0. The van der Waals surface area contributed by atoms with E-state index < -0.39 is 0 Å². The average Bonchev–Trinajstić information content (AvgIpc) is 3.78. The fourth-order valence-electron chi connectivity index (χ4n) is 9.44. The minimum absolute atomic E-state index is 0.762. The van der Waals surface area contributed by atoms with Gasteiger partial charge in [0, 0.05) is 34.0 Å². The van der Waals surface area contributed by atoms with Gasteiger partial charge < -0.3 is 4.40 Å². The first-order valence-corrected chi connectivity index (χ1v) is 19.8. The summed E-state index contributed by atoms with van der Waals surface area (Å²) in [5.41, 5.74) is 12.0. The molecular weight excluding hydrogens is 691 g/mol. The van der Waals surface area contributed by atoms with Crippen molar-refractivity contribution in [1.29, 1.82) is 0 Å². The summed E-state index contributed by atoms with van der Waals surface area (Å²) in [4.78, 5) is 5.38. The lowest BCUT2D eigenvalue weighted by molar-refractivity contribution is -0.514. The molecule has 0 aliphatic carbocycles. The highest BCUT2D eigenvalue weighted by atomic mass is 15.1. The molecule has 0 saturated heterocycles. The van der Waals surface area contributed by atoms with Gasteiger partial charge in [-0.05, 0) is 97.3 Å². The van der Waals surface area contributed by atoms with E-state index in [0.29, 0.717) is 0 Å². The van der Waals surface area contributed by atoms with E-state index in [-0.39, 0.29) is 0 Å². The van der Waals surface area contributed by atoms with Crippen LogP contribution in [0.25, 0.3) is 81.5 Å². The third-order valence-electron chi connectivity index (χ3n) is 12.0. The number of nitrogens with zero attached hydrogens (tertiary/aromatic N) is 3. The number of aromatic nitrogens is 1. The van der Waals surface area contributed by atoms with Gasteiger partial charge in [0.2, 0.25) is 0 Å². The second-order valence-corrected chi connectivity index (χ2v) is 15.5. The largest absolute Gasteiger partial charge is 0.325 e. The lowest BCUT2D eigenvalue weighted by atomic mass is 9.87. The van der Waals surface area contributed by atoms with Crippen LogP contribution in [0.3, 0.4) is 0 Å². The van der Waals surface area contributed by atoms with Gasteiger partial charge in [-0.2, -0.15) is 0 Å². The summed E-state index contributed by atoms with van der Waals surface area (Å²) in [6.45, 7) is 5.09. The quantitative estimate of drug-likeness (QED) is 0.0727. The van der Waals surface area contributed by atoms with Crippen molar-refractivity contribution in [3.63, 3.8) is 0 Å². The molecule has 0 amide bonds. The molecule has 9 aromatic carbocycles. The monoisotopic (exact) mass is 730 g/mol. The molecule has 3 nitrogen and oxygen atoms in total. The minimum Gasteiger partial charge on any atom is -0.308 e. The molecule has 11 rings (SSSR count). The minimum atomic E-state index is 0.762. The van der Waals surface area contributed by atoms with Gasteiger partial charge in [-0.15, -0.1) is 0 Å². The van der Waals surface area contributed by atoms with E-state index in [4.69, 9.17) is 4.99 Å². The van der Waals surface area contributed by atoms with Crippen molar-refractivity contribution in [2.75, 3.05) is 7.05 Å². The Morgan fingerprint density at radius 3 is 1.95 bits per heavy atom. The molecule has 57 heavy (non-hydrogen) atoms. The number of amidine groups is 1. The summed E-state index contributed by atoms with van der Waals surface area (Å²) in [6.07, 6.45) is 0. The molecule has 2 heterocycles. The lowest BCUT2D eigenvalue weighted by Crippen LogP contribution is -2.18. The Kier molecular flexibility index (Phi) is 7.58. The number of para-hydroxylation sites is 1. The summed E-state index contributed by atoms with van der Waals surface area (Å²) in [6, 6.07) is 64.4. The summed E-state index contributed by atoms with van der Waals surface area (Å²) in [7, 11) is 2.13. The highest BCUT2D eigenvalue weighted by Crippen LogP contribution is 2.46. The van der Waals surface area contributed by atoms with Crippen molar-refractivity contribution in [1.82, 2.24) is 4.40 Å². The summed E-state index contributed by atoms with van der Waals surface area (Å²) < 4.78 is 4.74. The van der Waals surface area contributed by atoms with E-state index in [0.717, 1.165) is 29.2 Å². The second kappa shape index (κ2) is 13.0. The zero-order valence-corrected chi connectivity index (χ0v) is 32.3. The van der Waals surface area contributed by atoms with E-state index in [1.165, 1.54) is 92.7 Å². The fraction of sp³-hybridized carbons (Fsp3) is 0.0741. The molecule has 0 atom stereocenters. The topological polar surface area (TPSA) is 19.8 Å². The van der Waals surface area contributed by atoms with E-state index in [2.05, 4.69) is 206 Å². The molecule has 0 aliphatic rings. The molecule has 2 aromatic heterocycles. The average molecular weight is 731 g/mol. The van der Waals surface area contributed by atoms with Gasteiger partial charge in [0.25, 0.3) is 0 Å². The lowest BCUT2D eigenvalue weighted by Gasteiger charge is -2.16. The zero-order chi connectivity index (χ0) is 38.2. The molecule has 0 saturated carbocycles. The highest BCUT2D eigenvalue weighted by Gasteiger charge is 2.22. The Bertz CT molecular complexity index is 3440. The summed E-state index contributed by atoms with van der Waals surface area (Å²) >= 11 is 0. The molecule has 0 aliphatic heterocycles. The van der Waals surface area contributed by atoms with Crippen LogP contribution < -0.4 is 0 Å². The van der Waals surface area contributed by atoms with E-state index >= 15 is 0 Å². The van der Waals surface area contributed by atoms with Crippen LogP contribution in [0.15, 0.2) is 181 Å². The molecular formula is C54H40N3+. The predicted molar refractivity (Wildman–Crippen MR) is 243 cm³/mol. The van der Waals surface area contributed by atoms with Crippen LogP contribution in [0.4, 0.5) is 0 Å². The Labute approximate surface area is 331 Å². The number of rotatable bonds is 5. The van der Waals surface area contributed by atoms with Crippen molar-refractivity contribution in [2.45, 2.75) is 20.4 Å². The number of hydrogen-bond donors (Lipinski definition) is 0. The number of aryl methyl sites for hydroxylation is 1. The van der Waals surface area contributed by atoms with E-state index in [1.54, 1.807) is 0 Å². The standard InChI is InChI=1S/C54H40N3/c1-34-27-30-49-48(31-34)45-24-13-25-46-52-43(23-14-26-50(52)57(49)53(45)46)42-21-12-22-44-47-32-38(28-29-40(47)39-19-10-11-20-41(39)51(42)44)35(2)55-54(37-17-8-5-9-18-37)56(3)33-36-15-6-4-7-16-36/h4-32H,33H2,1-3H3/q+1. The fourth-order valence-corrected chi connectivity index (χ4v) is 9.44. The van der Waals surface area contributed by atoms with Crippen LogP contribution in [0.5, 0.6) is 0 Å². The SMILES string of the molecule is CC(=NC(c1ccccc1)=[N+](C)Cc1ccccc1)c1ccc2c3ccccc3c3c(-c4cccc5c4c4cccc6c7cc(C)ccc7n5c64)cccc3c2c1. The maximum absolute atomic E-state index is 5.38. The zero-order valence-electron chi connectivity index (χ0n) is 32.3. The van der Waals surface area contributed by atoms with Gasteiger partial charge in [-0.1, -0.05) is 145 Å². The Hall–Kier alpha value is -7.10. The van der Waals surface area contributed by atoms with E-state index in [1.807, 2.05) is 0 Å². The van der Waals surface area contributed by atoms with Gasteiger partial charge >= 0.3 is 5.84 Å². The normalized spacial score (nSPS) is 12.9. The predicted octanol–water partition coefficient (Wildman–Crippen LogP) is 13.4. The Balaban J connectivity index is 1.14. The Morgan fingerprint density at radius 1 is 0.491 bits per heavy atom.